The summed E-state index contributed by atoms with van der Waals surface area (Å²) in [4.78, 5) is 16.6. The Morgan fingerprint density at radius 3 is 2.85 bits per heavy atom. The normalized spacial score (nSPS) is 11.8. The molecule has 0 saturated heterocycles. The van der Waals surface area contributed by atoms with Crippen molar-refractivity contribution in [2.75, 3.05) is 6.54 Å². The van der Waals surface area contributed by atoms with Crippen molar-refractivity contribution in [3.8, 4) is 0 Å². The number of carbonyl (C=O) groups excluding carboxylic acids is 1. The summed E-state index contributed by atoms with van der Waals surface area (Å²) in [6.45, 7) is 0.731. The van der Waals surface area contributed by atoms with E-state index in [9.17, 15) is 4.79 Å². The third-order valence-corrected chi connectivity index (χ3v) is 3.53. The Balaban J connectivity index is 1.89. The number of nitrogens with two attached hydrogens (primary N) is 1. The molecule has 1 amide bonds. The molecule has 2 aromatic rings. The van der Waals surface area contributed by atoms with E-state index in [-0.39, 0.29) is 12.6 Å². The smallest absolute Gasteiger partial charge is 0.407 e. The van der Waals surface area contributed by atoms with Crippen LogP contribution in [0.1, 0.15) is 22.9 Å². The summed E-state index contributed by atoms with van der Waals surface area (Å²) in [6.07, 6.45) is 1.91. The maximum absolute atomic E-state index is 11.8. The van der Waals surface area contributed by atoms with Crippen molar-refractivity contribution in [2.24, 2.45) is 5.73 Å². The Kier molecular flexibility index (Phi) is 5.52. The number of amides is 1. The van der Waals surface area contributed by atoms with Crippen LogP contribution in [0.15, 0.2) is 42.0 Å². The zero-order chi connectivity index (χ0) is 14.2. The zero-order valence-corrected chi connectivity index (χ0v) is 11.8. The van der Waals surface area contributed by atoms with Gasteiger partial charge < -0.3 is 15.8 Å². The highest BCUT2D eigenvalue weighted by Gasteiger charge is 2.14. The Bertz CT molecular complexity index is 516. The van der Waals surface area contributed by atoms with Crippen molar-refractivity contribution >= 4 is 17.4 Å². The molecule has 1 unspecified atom stereocenters. The number of nitrogens with zero attached hydrogens (tertiary/aromatic N) is 1. The predicted molar refractivity (Wildman–Crippen MR) is 78.3 cm³/mol. The predicted octanol–water partition coefficient (Wildman–Crippen LogP) is 2.46. The van der Waals surface area contributed by atoms with Crippen LogP contribution in [0.4, 0.5) is 4.79 Å². The number of benzene rings is 1. The van der Waals surface area contributed by atoms with Gasteiger partial charge in [-0.2, -0.15) is 0 Å². The molecule has 1 aromatic heterocycles. The fraction of sp³-hybridized carbons (Fsp3) is 0.286. The summed E-state index contributed by atoms with van der Waals surface area (Å²) in [6, 6.07) is 9.60. The number of alkyl carbamates (subject to hydrolysis) is 1. The summed E-state index contributed by atoms with van der Waals surface area (Å²) in [5.41, 5.74) is 8.32. The lowest BCUT2D eigenvalue weighted by atomic mass is 10.0. The van der Waals surface area contributed by atoms with E-state index in [2.05, 4.69) is 10.3 Å². The van der Waals surface area contributed by atoms with Gasteiger partial charge in [0.05, 0.1) is 16.4 Å². The van der Waals surface area contributed by atoms with E-state index in [1.54, 1.807) is 11.7 Å². The van der Waals surface area contributed by atoms with Crippen LogP contribution in [-0.2, 0) is 11.3 Å². The molecule has 0 fully saturated rings. The first kappa shape index (κ1) is 14.5. The van der Waals surface area contributed by atoms with E-state index in [1.807, 2.05) is 30.3 Å². The molecule has 0 saturated carbocycles. The van der Waals surface area contributed by atoms with Gasteiger partial charge in [-0.25, -0.2) is 4.79 Å². The minimum absolute atomic E-state index is 0.129. The Labute approximate surface area is 121 Å². The molecule has 0 aliphatic carbocycles. The first-order valence-electron chi connectivity index (χ1n) is 6.35. The van der Waals surface area contributed by atoms with Gasteiger partial charge in [0.1, 0.15) is 6.61 Å². The Morgan fingerprint density at radius 1 is 1.40 bits per heavy atom. The molecule has 0 radical (unpaired) electrons. The fourth-order valence-corrected chi connectivity index (χ4v) is 2.31. The summed E-state index contributed by atoms with van der Waals surface area (Å²) in [5, 5.41) is 2.84. The highest BCUT2D eigenvalue weighted by molar-refractivity contribution is 7.09. The van der Waals surface area contributed by atoms with Crippen molar-refractivity contribution in [1.29, 1.82) is 0 Å². The van der Waals surface area contributed by atoms with Crippen LogP contribution in [0.25, 0.3) is 0 Å². The molecule has 0 spiro atoms. The van der Waals surface area contributed by atoms with E-state index < -0.39 is 6.09 Å². The Hall–Kier alpha value is -1.92. The molecule has 20 heavy (non-hydrogen) atoms. The molecular formula is C14H17N3O2S. The second-order valence-corrected chi connectivity index (χ2v) is 5.20. The highest BCUT2D eigenvalue weighted by Crippen LogP contribution is 2.16. The van der Waals surface area contributed by atoms with Gasteiger partial charge in [0, 0.05) is 6.20 Å². The molecule has 1 heterocycles. The molecule has 0 aliphatic rings. The molecule has 1 aromatic carbocycles. The highest BCUT2D eigenvalue weighted by atomic mass is 32.1. The monoisotopic (exact) mass is 291 g/mol. The lowest BCUT2D eigenvalue weighted by molar-refractivity contribution is 0.136. The van der Waals surface area contributed by atoms with Crippen LogP contribution < -0.4 is 11.1 Å². The minimum atomic E-state index is -0.444. The largest absolute Gasteiger partial charge is 0.444 e. The maximum atomic E-state index is 11.8. The van der Waals surface area contributed by atoms with Gasteiger partial charge >= 0.3 is 6.09 Å². The van der Waals surface area contributed by atoms with Gasteiger partial charge in [-0.15, -0.1) is 11.3 Å². The number of hydrogen-bond donors (Lipinski definition) is 2. The molecule has 0 bridgehead atoms. The van der Waals surface area contributed by atoms with Crippen LogP contribution in [0.5, 0.6) is 0 Å². The van der Waals surface area contributed by atoms with E-state index >= 15 is 0 Å². The fourth-order valence-electron chi connectivity index (χ4n) is 1.81. The zero-order valence-electron chi connectivity index (χ0n) is 11.0. The second-order valence-electron chi connectivity index (χ2n) is 4.23. The number of carbonyl (C=O) groups is 1. The number of aromatic nitrogens is 1. The van der Waals surface area contributed by atoms with Crippen LogP contribution in [0, 0.1) is 0 Å². The first-order chi connectivity index (χ1) is 9.79. The van der Waals surface area contributed by atoms with Crippen molar-refractivity contribution in [1.82, 2.24) is 10.3 Å². The second kappa shape index (κ2) is 7.62. The number of nitrogens with one attached hydrogen (secondary N) is 1. The van der Waals surface area contributed by atoms with Crippen LogP contribution in [-0.4, -0.2) is 17.6 Å². The van der Waals surface area contributed by atoms with E-state index in [4.69, 9.17) is 10.5 Å². The van der Waals surface area contributed by atoms with Crippen molar-refractivity contribution in [3.63, 3.8) is 0 Å². The van der Waals surface area contributed by atoms with E-state index in [1.165, 1.54) is 11.3 Å². The lowest BCUT2D eigenvalue weighted by Crippen LogP contribution is -2.30. The van der Waals surface area contributed by atoms with E-state index in [0.717, 1.165) is 10.4 Å². The standard InChI is InChI=1S/C14H17N3O2S/c15-7-6-13(11-4-2-1-3-5-11)17-14(18)19-9-12-8-16-10-20-12/h1-5,8,10,13H,6-7,9,15H2,(H,17,18). The lowest BCUT2D eigenvalue weighted by Gasteiger charge is -2.18. The molecule has 6 heteroatoms. The van der Waals surface area contributed by atoms with Crippen LogP contribution in [0.2, 0.25) is 0 Å². The summed E-state index contributed by atoms with van der Waals surface area (Å²) in [5.74, 6) is 0. The summed E-state index contributed by atoms with van der Waals surface area (Å²) >= 11 is 1.45. The third-order valence-electron chi connectivity index (χ3n) is 2.78. The maximum Gasteiger partial charge on any atom is 0.407 e. The van der Waals surface area contributed by atoms with Crippen LogP contribution >= 0.6 is 11.3 Å². The summed E-state index contributed by atoms with van der Waals surface area (Å²) in [7, 11) is 0. The van der Waals surface area contributed by atoms with Gasteiger partial charge in [-0.3, -0.25) is 4.98 Å². The topological polar surface area (TPSA) is 77.2 Å². The van der Waals surface area contributed by atoms with Gasteiger partial charge in [-0.1, -0.05) is 30.3 Å². The van der Waals surface area contributed by atoms with Gasteiger partial charge in [0.25, 0.3) is 0 Å². The SMILES string of the molecule is NCCC(NC(=O)OCc1cncs1)c1ccccc1. The molecule has 106 valence electrons. The average molecular weight is 291 g/mol. The number of rotatable bonds is 6. The molecule has 5 nitrogen and oxygen atoms in total. The molecular weight excluding hydrogens is 274 g/mol. The van der Waals surface area contributed by atoms with Crippen molar-refractivity contribution in [2.45, 2.75) is 19.1 Å². The third kappa shape index (κ3) is 4.32. The van der Waals surface area contributed by atoms with Crippen LogP contribution in [0.3, 0.4) is 0 Å². The molecule has 0 aliphatic heterocycles. The number of thiazole rings is 1. The van der Waals surface area contributed by atoms with Gasteiger partial charge in [0.15, 0.2) is 0 Å². The first-order valence-corrected chi connectivity index (χ1v) is 7.23. The molecule has 2 rings (SSSR count). The minimum Gasteiger partial charge on any atom is -0.444 e. The quantitative estimate of drug-likeness (QED) is 0.857. The molecule has 1 atom stereocenters. The van der Waals surface area contributed by atoms with E-state index in [0.29, 0.717) is 13.0 Å². The molecule has 3 N–H and O–H groups in total. The Morgan fingerprint density at radius 2 is 2.20 bits per heavy atom. The number of ether oxygens (including phenoxy) is 1. The average Bonchev–Trinajstić information content (AvgIpc) is 2.99. The van der Waals surface area contributed by atoms with Crippen molar-refractivity contribution in [3.05, 3.63) is 52.5 Å². The van der Waals surface area contributed by atoms with Gasteiger partial charge in [-0.05, 0) is 18.5 Å². The van der Waals surface area contributed by atoms with Gasteiger partial charge in [0.2, 0.25) is 0 Å². The number of hydrogen-bond acceptors (Lipinski definition) is 5. The van der Waals surface area contributed by atoms with Crippen molar-refractivity contribution < 1.29 is 9.53 Å². The summed E-state index contributed by atoms with van der Waals surface area (Å²) < 4.78 is 5.16.